The molecule has 2 aromatic rings. The van der Waals surface area contributed by atoms with Gasteiger partial charge in [0.25, 0.3) is 0 Å². The lowest BCUT2D eigenvalue weighted by Crippen LogP contribution is -2.07. The van der Waals surface area contributed by atoms with Gasteiger partial charge in [0.1, 0.15) is 5.75 Å². The maximum atomic E-state index is 5.62. The number of rotatable bonds is 7. The van der Waals surface area contributed by atoms with E-state index in [1.807, 2.05) is 31.2 Å². The van der Waals surface area contributed by atoms with Crippen molar-refractivity contribution >= 4 is 33.9 Å². The van der Waals surface area contributed by atoms with Gasteiger partial charge in [0.05, 0.1) is 18.4 Å². The lowest BCUT2D eigenvalue weighted by atomic mass is 10.3. The van der Waals surface area contributed by atoms with Gasteiger partial charge in [-0.3, -0.25) is 0 Å². The van der Waals surface area contributed by atoms with Crippen LogP contribution < -0.4 is 10.1 Å². The fourth-order valence-corrected chi connectivity index (χ4v) is 4.08. The summed E-state index contributed by atoms with van der Waals surface area (Å²) in [4.78, 5) is 0. The summed E-state index contributed by atoms with van der Waals surface area (Å²) in [6.07, 6.45) is 2.69. The summed E-state index contributed by atoms with van der Waals surface area (Å²) in [5, 5.41) is 12.5. The Morgan fingerprint density at radius 2 is 2.32 bits per heavy atom. The van der Waals surface area contributed by atoms with Gasteiger partial charge in [-0.05, 0) is 31.9 Å². The number of nitrogens with one attached hydrogen (secondary N) is 1. The van der Waals surface area contributed by atoms with Gasteiger partial charge in [-0.15, -0.1) is 10.2 Å². The number of para-hydroxylation sites is 2. The van der Waals surface area contributed by atoms with Crippen LogP contribution >= 0.6 is 23.1 Å². The Balaban J connectivity index is 1.59. The van der Waals surface area contributed by atoms with E-state index in [4.69, 9.17) is 9.47 Å². The highest BCUT2D eigenvalue weighted by molar-refractivity contribution is 8.01. The van der Waals surface area contributed by atoms with Crippen LogP contribution in [-0.4, -0.2) is 35.3 Å². The third-order valence-electron chi connectivity index (χ3n) is 3.25. The van der Waals surface area contributed by atoms with Gasteiger partial charge in [0.2, 0.25) is 5.13 Å². The Hall–Kier alpha value is -1.31. The number of nitrogens with zero attached hydrogens (tertiary/aromatic N) is 2. The Bertz CT molecular complexity index is 600. The second-order valence-electron chi connectivity index (χ2n) is 4.87. The van der Waals surface area contributed by atoms with Crippen molar-refractivity contribution in [3.8, 4) is 5.75 Å². The van der Waals surface area contributed by atoms with Crippen molar-refractivity contribution in [2.24, 2.45) is 0 Å². The molecule has 1 aliphatic rings. The SMILES string of the molecule is CCOc1ccccc1Nc1nnc(SCC2CCCO2)s1. The molecule has 118 valence electrons. The summed E-state index contributed by atoms with van der Waals surface area (Å²) >= 11 is 3.27. The number of ether oxygens (including phenoxy) is 2. The monoisotopic (exact) mass is 337 g/mol. The Kier molecular flexibility index (Phi) is 5.53. The largest absolute Gasteiger partial charge is 0.492 e. The molecule has 22 heavy (non-hydrogen) atoms. The standard InChI is InChI=1S/C15H19N3O2S2/c1-2-19-13-8-4-3-7-12(13)16-14-17-18-15(22-14)21-10-11-6-5-9-20-11/h3-4,7-8,11H,2,5-6,9-10H2,1H3,(H,16,17). The highest BCUT2D eigenvalue weighted by Gasteiger charge is 2.17. The molecule has 0 radical (unpaired) electrons. The van der Waals surface area contributed by atoms with Crippen LogP contribution in [0.25, 0.3) is 0 Å². The predicted octanol–water partition coefficient (Wildman–Crippen LogP) is 3.95. The molecule has 1 atom stereocenters. The highest BCUT2D eigenvalue weighted by atomic mass is 32.2. The summed E-state index contributed by atoms with van der Waals surface area (Å²) in [5.41, 5.74) is 0.913. The molecule has 2 heterocycles. The lowest BCUT2D eigenvalue weighted by Gasteiger charge is -2.09. The van der Waals surface area contributed by atoms with Gasteiger partial charge < -0.3 is 14.8 Å². The van der Waals surface area contributed by atoms with Crippen LogP contribution in [0.1, 0.15) is 19.8 Å². The van der Waals surface area contributed by atoms with Gasteiger partial charge in [-0.1, -0.05) is 35.2 Å². The van der Waals surface area contributed by atoms with Gasteiger partial charge in [0, 0.05) is 12.4 Å². The Labute approximate surface area is 138 Å². The number of hydrogen-bond donors (Lipinski definition) is 1. The van der Waals surface area contributed by atoms with Crippen LogP contribution in [0.15, 0.2) is 28.6 Å². The van der Waals surface area contributed by atoms with Crippen molar-refractivity contribution in [3.05, 3.63) is 24.3 Å². The zero-order valence-corrected chi connectivity index (χ0v) is 14.1. The van der Waals surface area contributed by atoms with Gasteiger partial charge in [-0.2, -0.15) is 0 Å². The first kappa shape index (κ1) is 15.6. The molecule has 1 aromatic carbocycles. The van der Waals surface area contributed by atoms with Crippen molar-refractivity contribution < 1.29 is 9.47 Å². The van der Waals surface area contributed by atoms with E-state index in [0.717, 1.165) is 39.7 Å². The highest BCUT2D eigenvalue weighted by Crippen LogP contribution is 2.32. The average molecular weight is 337 g/mol. The van der Waals surface area contributed by atoms with Crippen molar-refractivity contribution in [1.82, 2.24) is 10.2 Å². The topological polar surface area (TPSA) is 56.3 Å². The first-order valence-electron chi connectivity index (χ1n) is 7.42. The molecule has 1 aliphatic heterocycles. The quantitative estimate of drug-likeness (QED) is 0.772. The predicted molar refractivity (Wildman–Crippen MR) is 90.5 cm³/mol. The molecule has 7 heteroatoms. The molecule has 0 amide bonds. The molecule has 5 nitrogen and oxygen atoms in total. The number of benzene rings is 1. The molecule has 0 aliphatic carbocycles. The average Bonchev–Trinajstić information content (AvgIpc) is 3.19. The second kappa shape index (κ2) is 7.80. The van der Waals surface area contributed by atoms with Crippen molar-refractivity contribution in [2.45, 2.75) is 30.2 Å². The van der Waals surface area contributed by atoms with Crippen LogP contribution in [0.2, 0.25) is 0 Å². The minimum Gasteiger partial charge on any atom is -0.492 e. The molecule has 1 fully saturated rings. The minimum atomic E-state index is 0.365. The molecule has 1 saturated heterocycles. The molecule has 1 N–H and O–H groups in total. The molecule has 0 saturated carbocycles. The van der Waals surface area contributed by atoms with Crippen LogP contribution in [0.4, 0.5) is 10.8 Å². The third-order valence-corrected chi connectivity index (χ3v) is 5.36. The van der Waals surface area contributed by atoms with E-state index < -0.39 is 0 Å². The number of aromatic nitrogens is 2. The summed E-state index contributed by atoms with van der Waals surface area (Å²) in [6.45, 7) is 3.50. The Morgan fingerprint density at radius 3 is 3.14 bits per heavy atom. The van der Waals surface area contributed by atoms with Crippen molar-refractivity contribution in [3.63, 3.8) is 0 Å². The fourth-order valence-electron chi connectivity index (χ4n) is 2.23. The van der Waals surface area contributed by atoms with Gasteiger partial charge >= 0.3 is 0 Å². The maximum Gasteiger partial charge on any atom is 0.210 e. The molecular formula is C15H19N3O2S2. The summed E-state index contributed by atoms with van der Waals surface area (Å²) in [7, 11) is 0. The van der Waals surface area contributed by atoms with Crippen molar-refractivity contribution in [1.29, 1.82) is 0 Å². The zero-order chi connectivity index (χ0) is 15.2. The third kappa shape index (κ3) is 4.12. The van der Waals surface area contributed by atoms with E-state index in [2.05, 4.69) is 15.5 Å². The van der Waals surface area contributed by atoms with Crippen LogP contribution in [0.5, 0.6) is 5.75 Å². The smallest absolute Gasteiger partial charge is 0.210 e. The number of hydrogen-bond acceptors (Lipinski definition) is 7. The van der Waals surface area contributed by atoms with Crippen LogP contribution in [0, 0.1) is 0 Å². The van der Waals surface area contributed by atoms with E-state index in [1.54, 1.807) is 23.1 Å². The van der Waals surface area contributed by atoms with Gasteiger partial charge in [-0.25, -0.2) is 0 Å². The van der Waals surface area contributed by atoms with E-state index in [1.165, 1.54) is 6.42 Å². The van der Waals surface area contributed by atoms with E-state index in [9.17, 15) is 0 Å². The first-order chi connectivity index (χ1) is 10.8. The van der Waals surface area contributed by atoms with Crippen LogP contribution in [0.3, 0.4) is 0 Å². The molecule has 0 spiro atoms. The molecular weight excluding hydrogens is 318 g/mol. The Morgan fingerprint density at radius 1 is 1.41 bits per heavy atom. The summed E-state index contributed by atoms with van der Waals surface area (Å²) in [6, 6.07) is 7.85. The molecule has 3 rings (SSSR count). The zero-order valence-electron chi connectivity index (χ0n) is 12.4. The molecule has 0 bridgehead atoms. The fraction of sp³-hybridized carbons (Fsp3) is 0.467. The van der Waals surface area contributed by atoms with E-state index in [-0.39, 0.29) is 0 Å². The lowest BCUT2D eigenvalue weighted by molar-refractivity contribution is 0.129. The number of thioether (sulfide) groups is 1. The second-order valence-corrected chi connectivity index (χ2v) is 7.12. The minimum absolute atomic E-state index is 0.365. The molecule has 1 unspecified atom stereocenters. The summed E-state index contributed by atoms with van der Waals surface area (Å²) < 4.78 is 12.2. The van der Waals surface area contributed by atoms with Gasteiger partial charge in [0.15, 0.2) is 4.34 Å². The van der Waals surface area contributed by atoms with Crippen LogP contribution in [-0.2, 0) is 4.74 Å². The van der Waals surface area contributed by atoms with E-state index in [0.29, 0.717) is 12.7 Å². The molecule has 1 aromatic heterocycles. The number of anilines is 2. The summed E-state index contributed by atoms with van der Waals surface area (Å²) in [5.74, 6) is 1.78. The van der Waals surface area contributed by atoms with Crippen molar-refractivity contribution in [2.75, 3.05) is 24.3 Å². The van der Waals surface area contributed by atoms with E-state index >= 15 is 0 Å². The first-order valence-corrected chi connectivity index (χ1v) is 9.22. The maximum absolute atomic E-state index is 5.62. The normalized spacial score (nSPS) is 17.6.